The molecule has 0 saturated carbocycles. The summed E-state index contributed by atoms with van der Waals surface area (Å²) in [6.45, 7) is 3.28. The number of halogens is 1. The van der Waals surface area contributed by atoms with E-state index in [0.717, 1.165) is 31.5 Å². The van der Waals surface area contributed by atoms with Gasteiger partial charge in [0.05, 0.1) is 19.3 Å². The first kappa shape index (κ1) is 16.0. The molecule has 1 aliphatic heterocycles. The lowest BCUT2D eigenvalue weighted by Gasteiger charge is -2.35. The average Bonchev–Trinajstić information content (AvgIpc) is 2.52. The van der Waals surface area contributed by atoms with E-state index in [1.54, 1.807) is 25.3 Å². The highest BCUT2D eigenvalue weighted by molar-refractivity contribution is 6.30. The van der Waals surface area contributed by atoms with Crippen LogP contribution in [0.2, 0.25) is 5.02 Å². The third kappa shape index (κ3) is 4.03. The van der Waals surface area contributed by atoms with Crippen molar-refractivity contribution in [3.05, 3.63) is 23.2 Å². The maximum atomic E-state index is 12.4. The molecule has 1 fully saturated rings. The summed E-state index contributed by atoms with van der Waals surface area (Å²) in [7, 11) is 1.61. The second kappa shape index (κ2) is 7.55. The number of anilines is 1. The summed E-state index contributed by atoms with van der Waals surface area (Å²) < 4.78 is 5.27. The van der Waals surface area contributed by atoms with E-state index in [4.69, 9.17) is 16.3 Å². The van der Waals surface area contributed by atoms with Gasteiger partial charge in [-0.2, -0.15) is 0 Å². The van der Waals surface area contributed by atoms with Crippen LogP contribution < -0.4 is 10.1 Å². The number of likely N-dealkylation sites (tertiary alicyclic amines) is 1. The fraction of sp³-hybridized carbons (Fsp3) is 0.562. The number of methoxy groups -OCH3 is 1. The lowest BCUT2D eigenvalue weighted by Crippen LogP contribution is -2.45. The summed E-state index contributed by atoms with van der Waals surface area (Å²) >= 11 is 5.99. The Morgan fingerprint density at radius 1 is 1.48 bits per heavy atom. The maximum absolute atomic E-state index is 12.4. The summed E-state index contributed by atoms with van der Waals surface area (Å²) in [5, 5.41) is 3.77. The lowest BCUT2D eigenvalue weighted by atomic mass is 10.00. The Bertz CT molecular complexity index is 493. The third-order valence-electron chi connectivity index (χ3n) is 4.01. The molecule has 1 heterocycles. The second-order valence-corrected chi connectivity index (χ2v) is 5.78. The molecular weight excluding hydrogens is 288 g/mol. The average molecular weight is 311 g/mol. The SMILES string of the molecule is CCC1CCCCN1C(=O)CNc1cc(Cl)ccc1OC. The predicted octanol–water partition coefficient (Wildman–Crippen LogP) is 3.55. The Balaban J connectivity index is 1.98. The number of amides is 1. The van der Waals surface area contributed by atoms with Gasteiger partial charge in [0.1, 0.15) is 5.75 Å². The van der Waals surface area contributed by atoms with Crippen molar-refractivity contribution in [2.45, 2.75) is 38.6 Å². The molecule has 1 atom stereocenters. The predicted molar refractivity (Wildman–Crippen MR) is 86.1 cm³/mol. The largest absolute Gasteiger partial charge is 0.495 e. The number of ether oxygens (including phenoxy) is 1. The van der Waals surface area contributed by atoms with Crippen LogP contribution >= 0.6 is 11.6 Å². The van der Waals surface area contributed by atoms with E-state index in [1.165, 1.54) is 6.42 Å². The highest BCUT2D eigenvalue weighted by atomic mass is 35.5. The minimum absolute atomic E-state index is 0.142. The molecule has 0 aliphatic carbocycles. The van der Waals surface area contributed by atoms with Crippen molar-refractivity contribution in [3.63, 3.8) is 0 Å². The number of piperidine rings is 1. The van der Waals surface area contributed by atoms with Gasteiger partial charge in [0, 0.05) is 17.6 Å². The molecule has 1 aromatic rings. The van der Waals surface area contributed by atoms with Gasteiger partial charge in [0.2, 0.25) is 5.91 Å². The van der Waals surface area contributed by atoms with Crippen LogP contribution in [0, 0.1) is 0 Å². The van der Waals surface area contributed by atoms with Gasteiger partial charge in [0.15, 0.2) is 0 Å². The summed E-state index contributed by atoms with van der Waals surface area (Å²) in [5.74, 6) is 0.835. The van der Waals surface area contributed by atoms with Crippen molar-refractivity contribution in [2.24, 2.45) is 0 Å². The molecule has 0 spiro atoms. The number of nitrogens with one attached hydrogen (secondary N) is 1. The molecule has 4 nitrogen and oxygen atoms in total. The minimum atomic E-state index is 0.142. The van der Waals surface area contributed by atoms with Crippen LogP contribution in [0.25, 0.3) is 0 Å². The molecule has 0 radical (unpaired) electrons. The molecule has 116 valence electrons. The molecule has 2 rings (SSSR count). The van der Waals surface area contributed by atoms with Crippen molar-refractivity contribution in [1.82, 2.24) is 4.90 Å². The van der Waals surface area contributed by atoms with E-state index in [2.05, 4.69) is 12.2 Å². The van der Waals surface area contributed by atoms with Crippen molar-refractivity contribution in [1.29, 1.82) is 0 Å². The first-order valence-electron chi connectivity index (χ1n) is 7.52. The zero-order valence-electron chi connectivity index (χ0n) is 12.7. The monoisotopic (exact) mass is 310 g/mol. The Morgan fingerprint density at radius 3 is 3.00 bits per heavy atom. The van der Waals surface area contributed by atoms with E-state index >= 15 is 0 Å². The van der Waals surface area contributed by atoms with Gasteiger partial charge >= 0.3 is 0 Å². The minimum Gasteiger partial charge on any atom is -0.495 e. The van der Waals surface area contributed by atoms with Crippen molar-refractivity contribution >= 4 is 23.2 Å². The summed E-state index contributed by atoms with van der Waals surface area (Å²) in [6.07, 6.45) is 4.45. The van der Waals surface area contributed by atoms with Gasteiger partial charge in [-0.3, -0.25) is 4.79 Å². The molecule has 0 bridgehead atoms. The van der Waals surface area contributed by atoms with Crippen LogP contribution in [0.5, 0.6) is 5.75 Å². The molecule has 5 heteroatoms. The summed E-state index contributed by atoms with van der Waals surface area (Å²) in [6, 6.07) is 5.73. The van der Waals surface area contributed by atoms with E-state index in [-0.39, 0.29) is 12.5 Å². The molecule has 0 aromatic heterocycles. The van der Waals surface area contributed by atoms with E-state index in [1.807, 2.05) is 4.90 Å². The molecule has 1 unspecified atom stereocenters. The van der Waals surface area contributed by atoms with Gasteiger partial charge in [-0.25, -0.2) is 0 Å². The van der Waals surface area contributed by atoms with Crippen molar-refractivity contribution in [3.8, 4) is 5.75 Å². The lowest BCUT2D eigenvalue weighted by molar-refractivity contribution is -0.133. The Morgan fingerprint density at radius 2 is 2.29 bits per heavy atom. The first-order chi connectivity index (χ1) is 10.2. The Hall–Kier alpha value is -1.42. The van der Waals surface area contributed by atoms with Crippen LogP contribution in [0.3, 0.4) is 0 Å². The van der Waals surface area contributed by atoms with Gasteiger partial charge in [-0.05, 0) is 43.9 Å². The number of rotatable bonds is 5. The quantitative estimate of drug-likeness (QED) is 0.904. The van der Waals surface area contributed by atoms with Crippen LogP contribution in [-0.4, -0.2) is 37.0 Å². The maximum Gasteiger partial charge on any atom is 0.242 e. The van der Waals surface area contributed by atoms with Crippen LogP contribution in [0.4, 0.5) is 5.69 Å². The van der Waals surface area contributed by atoms with Crippen LogP contribution in [-0.2, 0) is 4.79 Å². The first-order valence-corrected chi connectivity index (χ1v) is 7.90. The molecule has 1 saturated heterocycles. The van der Waals surface area contributed by atoms with Crippen molar-refractivity contribution < 1.29 is 9.53 Å². The van der Waals surface area contributed by atoms with Crippen LogP contribution in [0.1, 0.15) is 32.6 Å². The molecule has 1 aliphatic rings. The zero-order chi connectivity index (χ0) is 15.2. The molecule has 1 amide bonds. The number of benzene rings is 1. The molecule has 1 N–H and O–H groups in total. The van der Waals surface area contributed by atoms with Gasteiger partial charge in [-0.15, -0.1) is 0 Å². The topological polar surface area (TPSA) is 41.6 Å². The van der Waals surface area contributed by atoms with Gasteiger partial charge in [0.25, 0.3) is 0 Å². The number of hydrogen-bond acceptors (Lipinski definition) is 3. The smallest absolute Gasteiger partial charge is 0.242 e. The summed E-state index contributed by atoms with van der Waals surface area (Å²) in [5.41, 5.74) is 0.753. The normalized spacial score (nSPS) is 18.4. The Kier molecular flexibility index (Phi) is 5.74. The van der Waals surface area contributed by atoms with Gasteiger partial charge in [-0.1, -0.05) is 18.5 Å². The molecule has 1 aromatic carbocycles. The van der Waals surface area contributed by atoms with Gasteiger partial charge < -0.3 is 15.0 Å². The van der Waals surface area contributed by atoms with Crippen LogP contribution in [0.15, 0.2) is 18.2 Å². The molecule has 21 heavy (non-hydrogen) atoms. The molecular formula is C16H23ClN2O2. The number of nitrogens with zero attached hydrogens (tertiary/aromatic N) is 1. The Labute approximate surface area is 131 Å². The zero-order valence-corrected chi connectivity index (χ0v) is 13.4. The summed E-state index contributed by atoms with van der Waals surface area (Å²) in [4.78, 5) is 14.4. The second-order valence-electron chi connectivity index (χ2n) is 5.34. The number of carbonyl (C=O) groups excluding carboxylic acids is 1. The standard InChI is InChI=1S/C16H23ClN2O2/c1-3-13-6-4-5-9-19(13)16(20)11-18-14-10-12(17)7-8-15(14)21-2/h7-8,10,13,18H,3-6,9,11H2,1-2H3. The fourth-order valence-electron chi connectivity index (χ4n) is 2.84. The van der Waals surface area contributed by atoms with E-state index < -0.39 is 0 Å². The van der Waals surface area contributed by atoms with Crippen molar-refractivity contribution in [2.75, 3.05) is 25.5 Å². The fourth-order valence-corrected chi connectivity index (χ4v) is 3.02. The third-order valence-corrected chi connectivity index (χ3v) is 4.25. The number of carbonyl (C=O) groups is 1. The number of hydrogen-bond donors (Lipinski definition) is 1. The van der Waals surface area contributed by atoms with E-state index in [0.29, 0.717) is 16.8 Å². The van der Waals surface area contributed by atoms with E-state index in [9.17, 15) is 4.79 Å². The highest BCUT2D eigenvalue weighted by Gasteiger charge is 2.24. The highest BCUT2D eigenvalue weighted by Crippen LogP contribution is 2.27.